The molecule has 142 valence electrons. The summed E-state index contributed by atoms with van der Waals surface area (Å²) in [7, 11) is 0. The molecular formula is C23H20N6. The minimum absolute atomic E-state index is 0.389. The topological polar surface area (TPSA) is 82.5 Å². The van der Waals surface area contributed by atoms with Gasteiger partial charge in [0.1, 0.15) is 12.0 Å². The van der Waals surface area contributed by atoms with Gasteiger partial charge in [0.05, 0.1) is 24.1 Å². The van der Waals surface area contributed by atoms with Crippen molar-refractivity contribution < 1.29 is 0 Å². The van der Waals surface area contributed by atoms with Crippen molar-refractivity contribution in [3.63, 3.8) is 0 Å². The van der Waals surface area contributed by atoms with E-state index in [-0.39, 0.29) is 0 Å². The molecule has 0 aliphatic carbocycles. The number of imidazole rings is 1. The third-order valence-electron chi connectivity index (χ3n) is 5.30. The number of pyridine rings is 1. The Morgan fingerprint density at radius 2 is 1.72 bits per heavy atom. The summed E-state index contributed by atoms with van der Waals surface area (Å²) in [6.45, 7) is 4.78. The quantitative estimate of drug-likeness (QED) is 0.506. The van der Waals surface area contributed by atoms with Crippen LogP contribution in [0.15, 0.2) is 61.2 Å². The SMILES string of the molecule is Cc1ccccc1-c1nc2c(C)cccc2cc1Cn1cnc(N)c2ncnc1-2. The molecular weight excluding hydrogens is 360 g/mol. The lowest BCUT2D eigenvalue weighted by molar-refractivity contribution is 0.762. The summed E-state index contributed by atoms with van der Waals surface area (Å²) in [5.41, 5.74) is 13.1. The fraction of sp³-hybridized carbons (Fsp3) is 0.130. The Bertz CT molecular complexity index is 1320. The normalized spacial score (nSPS) is 11.4. The van der Waals surface area contributed by atoms with E-state index in [9.17, 15) is 0 Å². The Labute approximate surface area is 168 Å². The van der Waals surface area contributed by atoms with Crippen LogP contribution in [0.1, 0.15) is 16.7 Å². The monoisotopic (exact) mass is 380 g/mol. The molecule has 2 aliphatic heterocycles. The van der Waals surface area contributed by atoms with Crippen molar-refractivity contribution in [2.75, 3.05) is 5.73 Å². The van der Waals surface area contributed by atoms with Gasteiger partial charge in [-0.25, -0.2) is 19.9 Å². The molecule has 0 fully saturated rings. The van der Waals surface area contributed by atoms with Crippen LogP contribution in [0.4, 0.5) is 5.82 Å². The molecule has 2 aliphatic rings. The van der Waals surface area contributed by atoms with Crippen molar-refractivity contribution in [1.82, 2.24) is 24.5 Å². The van der Waals surface area contributed by atoms with Gasteiger partial charge < -0.3 is 10.3 Å². The number of anilines is 1. The first-order chi connectivity index (χ1) is 14.1. The second-order valence-electron chi connectivity index (χ2n) is 7.26. The summed E-state index contributed by atoms with van der Waals surface area (Å²) in [4.78, 5) is 18.0. The summed E-state index contributed by atoms with van der Waals surface area (Å²) in [6, 6.07) is 16.8. The van der Waals surface area contributed by atoms with Gasteiger partial charge in [0.2, 0.25) is 0 Å². The van der Waals surface area contributed by atoms with E-state index in [0.29, 0.717) is 18.1 Å². The van der Waals surface area contributed by atoms with Gasteiger partial charge in [-0.2, -0.15) is 0 Å². The molecule has 3 heterocycles. The van der Waals surface area contributed by atoms with E-state index < -0.39 is 0 Å². The molecule has 0 saturated carbocycles. The Morgan fingerprint density at radius 1 is 0.897 bits per heavy atom. The lowest BCUT2D eigenvalue weighted by atomic mass is 9.98. The number of nitrogens with zero attached hydrogens (tertiary/aromatic N) is 5. The van der Waals surface area contributed by atoms with Crippen LogP contribution in [0.3, 0.4) is 0 Å². The predicted molar refractivity (Wildman–Crippen MR) is 115 cm³/mol. The first-order valence-corrected chi connectivity index (χ1v) is 9.48. The van der Waals surface area contributed by atoms with Crippen LogP contribution >= 0.6 is 0 Å². The maximum absolute atomic E-state index is 5.96. The molecule has 0 atom stereocenters. The van der Waals surface area contributed by atoms with E-state index in [0.717, 1.165) is 39.1 Å². The van der Waals surface area contributed by atoms with Crippen molar-refractivity contribution in [3.8, 4) is 22.8 Å². The summed E-state index contributed by atoms with van der Waals surface area (Å²) in [5, 5.41) is 1.12. The molecule has 1 aromatic heterocycles. The smallest absolute Gasteiger partial charge is 0.165 e. The van der Waals surface area contributed by atoms with E-state index in [1.54, 1.807) is 6.33 Å². The Balaban J connectivity index is 1.74. The van der Waals surface area contributed by atoms with Crippen LogP contribution in [-0.2, 0) is 6.54 Å². The molecule has 2 aromatic carbocycles. The fourth-order valence-electron chi connectivity index (χ4n) is 3.78. The largest absolute Gasteiger partial charge is 0.382 e. The molecule has 29 heavy (non-hydrogen) atoms. The maximum Gasteiger partial charge on any atom is 0.165 e. The number of benzene rings is 2. The minimum Gasteiger partial charge on any atom is -0.382 e. The van der Waals surface area contributed by atoms with Crippen molar-refractivity contribution in [1.29, 1.82) is 0 Å². The van der Waals surface area contributed by atoms with Crippen molar-refractivity contribution in [2.45, 2.75) is 20.4 Å². The molecule has 3 aromatic rings. The second kappa shape index (κ2) is 6.67. The van der Waals surface area contributed by atoms with Crippen molar-refractivity contribution >= 4 is 16.7 Å². The van der Waals surface area contributed by atoms with Gasteiger partial charge in [0.25, 0.3) is 0 Å². The zero-order valence-electron chi connectivity index (χ0n) is 16.3. The number of rotatable bonds is 3. The Morgan fingerprint density at radius 3 is 2.59 bits per heavy atom. The highest BCUT2D eigenvalue weighted by atomic mass is 15.1. The van der Waals surface area contributed by atoms with E-state index in [4.69, 9.17) is 10.7 Å². The molecule has 5 rings (SSSR count). The Kier molecular flexibility index (Phi) is 3.98. The molecule has 0 saturated heterocycles. The molecule has 0 unspecified atom stereocenters. The number of para-hydroxylation sites is 1. The number of hydrogen-bond donors (Lipinski definition) is 1. The maximum atomic E-state index is 5.96. The number of nitrogen functional groups attached to an aromatic ring is 1. The number of nitrogens with two attached hydrogens (primary N) is 1. The molecule has 0 spiro atoms. The van der Waals surface area contributed by atoms with Crippen LogP contribution in [0, 0.1) is 13.8 Å². The summed E-state index contributed by atoms with van der Waals surface area (Å²) in [6.07, 6.45) is 3.23. The molecule has 6 heteroatoms. The molecule has 0 radical (unpaired) electrons. The van der Waals surface area contributed by atoms with E-state index in [1.165, 1.54) is 11.9 Å². The van der Waals surface area contributed by atoms with E-state index in [2.05, 4.69) is 71.3 Å². The third-order valence-corrected chi connectivity index (χ3v) is 5.30. The Hall–Kier alpha value is -3.80. The van der Waals surface area contributed by atoms with Crippen LogP contribution in [0.25, 0.3) is 33.7 Å². The summed E-state index contributed by atoms with van der Waals surface area (Å²) < 4.78 is 1.97. The van der Waals surface area contributed by atoms with Crippen molar-refractivity contribution in [3.05, 3.63) is 77.9 Å². The highest BCUT2D eigenvalue weighted by molar-refractivity contribution is 5.86. The van der Waals surface area contributed by atoms with Gasteiger partial charge in [0.15, 0.2) is 11.6 Å². The summed E-state index contributed by atoms with van der Waals surface area (Å²) >= 11 is 0. The lowest BCUT2D eigenvalue weighted by Crippen LogP contribution is -2.10. The molecule has 0 bridgehead atoms. The van der Waals surface area contributed by atoms with Crippen LogP contribution in [0.5, 0.6) is 0 Å². The average molecular weight is 380 g/mol. The van der Waals surface area contributed by atoms with Crippen LogP contribution < -0.4 is 5.73 Å². The van der Waals surface area contributed by atoms with Gasteiger partial charge in [-0.05, 0) is 36.6 Å². The number of fused-ring (bicyclic) bond motifs is 2. The molecule has 0 amide bonds. The fourth-order valence-corrected chi connectivity index (χ4v) is 3.78. The van der Waals surface area contributed by atoms with E-state index in [1.807, 2.05) is 10.6 Å². The second-order valence-corrected chi connectivity index (χ2v) is 7.26. The zero-order valence-corrected chi connectivity index (χ0v) is 16.3. The first-order valence-electron chi connectivity index (χ1n) is 9.48. The van der Waals surface area contributed by atoms with Crippen LogP contribution in [0.2, 0.25) is 0 Å². The highest BCUT2D eigenvalue weighted by Gasteiger charge is 2.18. The molecule has 6 nitrogen and oxygen atoms in total. The van der Waals surface area contributed by atoms with Gasteiger partial charge in [-0.15, -0.1) is 0 Å². The highest BCUT2D eigenvalue weighted by Crippen LogP contribution is 2.31. The van der Waals surface area contributed by atoms with Crippen LogP contribution in [-0.4, -0.2) is 24.5 Å². The van der Waals surface area contributed by atoms with Gasteiger partial charge in [-0.3, -0.25) is 0 Å². The summed E-state index contributed by atoms with van der Waals surface area (Å²) in [5.74, 6) is 1.11. The van der Waals surface area contributed by atoms with Gasteiger partial charge in [-0.1, -0.05) is 42.5 Å². The first kappa shape index (κ1) is 17.3. The molecule has 2 N–H and O–H groups in total. The lowest BCUT2D eigenvalue weighted by Gasteiger charge is -2.17. The standard InChI is InChI=1S/C23H20N6/c1-14-6-3-4-9-18(14)20-17(10-16-8-5-7-15(2)19(16)28-20)11-29-13-27-22(24)21-23(29)26-12-25-21/h3-10,12-13H,11,24H2,1-2H3. The van der Waals surface area contributed by atoms with E-state index >= 15 is 0 Å². The minimum atomic E-state index is 0.389. The van der Waals surface area contributed by atoms with Gasteiger partial charge in [0, 0.05) is 10.9 Å². The van der Waals surface area contributed by atoms with Crippen molar-refractivity contribution in [2.24, 2.45) is 0 Å². The number of aryl methyl sites for hydroxylation is 2. The third kappa shape index (κ3) is 2.89. The average Bonchev–Trinajstić information content (AvgIpc) is 3.22. The zero-order chi connectivity index (χ0) is 20.0. The number of aromatic nitrogens is 5. The predicted octanol–water partition coefficient (Wildman–Crippen LogP) is 4.24. The van der Waals surface area contributed by atoms with Gasteiger partial charge >= 0.3 is 0 Å². The number of hydrogen-bond acceptors (Lipinski definition) is 5.